The molecule has 74 valence electrons. The van der Waals surface area contributed by atoms with E-state index in [9.17, 15) is 4.79 Å². The molecule has 0 saturated carbocycles. The summed E-state index contributed by atoms with van der Waals surface area (Å²) in [6, 6.07) is 7.15. The highest BCUT2D eigenvalue weighted by molar-refractivity contribution is 5.89. The lowest BCUT2D eigenvalue weighted by atomic mass is 10.1. The number of benzene rings is 1. The number of esters is 1. The molecule has 0 aliphatic rings. The van der Waals surface area contributed by atoms with Crippen molar-refractivity contribution in [3.63, 3.8) is 0 Å². The fourth-order valence-corrected chi connectivity index (χ4v) is 0.996. The molecule has 3 heteroatoms. The van der Waals surface area contributed by atoms with Crippen molar-refractivity contribution < 1.29 is 9.53 Å². The third-order valence-corrected chi connectivity index (χ3v) is 1.85. The first-order valence-corrected chi connectivity index (χ1v) is 4.28. The number of nitrogens with zero attached hydrogens (tertiary/aromatic N) is 1. The van der Waals surface area contributed by atoms with Gasteiger partial charge in [-0.3, -0.25) is 0 Å². The third kappa shape index (κ3) is 2.86. The number of hydrogen-bond acceptors (Lipinski definition) is 3. The molecule has 0 radical (unpaired) electrons. The van der Waals surface area contributed by atoms with Gasteiger partial charge in [0.25, 0.3) is 0 Å². The average Bonchev–Trinajstić information content (AvgIpc) is 2.27. The predicted octanol–water partition coefficient (Wildman–Crippen LogP) is 1.39. The van der Waals surface area contributed by atoms with Gasteiger partial charge in [-0.1, -0.05) is 12.0 Å². The van der Waals surface area contributed by atoms with Crippen LogP contribution in [0.25, 0.3) is 0 Å². The maximum atomic E-state index is 10.8. The van der Waals surface area contributed by atoms with Crippen molar-refractivity contribution in [2.75, 3.05) is 7.11 Å². The lowest BCUT2D eigenvalue weighted by Crippen LogP contribution is -1.95. The topological polar surface area (TPSA) is 50.1 Å². The van der Waals surface area contributed by atoms with Crippen molar-refractivity contribution in [3.05, 3.63) is 34.9 Å². The van der Waals surface area contributed by atoms with Crippen LogP contribution in [0, 0.1) is 30.1 Å². The van der Waals surface area contributed by atoms with Gasteiger partial charge < -0.3 is 4.74 Å². The first-order valence-electron chi connectivity index (χ1n) is 4.28. The molecule has 15 heavy (non-hydrogen) atoms. The van der Waals surface area contributed by atoms with Gasteiger partial charge in [-0.15, -0.1) is 0 Å². The Bertz CT molecular complexity index is 487. The summed E-state index contributed by atoms with van der Waals surface area (Å²) < 4.78 is 4.39. The Balaban J connectivity index is 3.08. The van der Waals surface area contributed by atoms with Gasteiger partial charge in [0.15, 0.2) is 0 Å². The highest BCUT2D eigenvalue weighted by Crippen LogP contribution is 2.08. The Morgan fingerprint density at radius 3 is 2.80 bits per heavy atom. The van der Waals surface area contributed by atoms with E-state index in [4.69, 9.17) is 5.26 Å². The number of hydrogen-bond donors (Lipinski definition) is 0. The molecule has 0 unspecified atom stereocenters. The van der Waals surface area contributed by atoms with Gasteiger partial charge in [-0.05, 0) is 24.6 Å². The van der Waals surface area contributed by atoms with Crippen LogP contribution in [0.3, 0.4) is 0 Å². The zero-order valence-electron chi connectivity index (χ0n) is 8.50. The second-order valence-electron chi connectivity index (χ2n) is 2.88. The van der Waals surface area contributed by atoms with Crippen LogP contribution < -0.4 is 0 Å². The molecule has 0 atom stereocenters. The average molecular weight is 199 g/mol. The summed E-state index contributed by atoms with van der Waals surface area (Å²) >= 11 is 0. The van der Waals surface area contributed by atoms with Crippen molar-refractivity contribution in [2.45, 2.75) is 6.92 Å². The van der Waals surface area contributed by atoms with Crippen molar-refractivity contribution in [1.29, 1.82) is 5.26 Å². The molecule has 0 spiro atoms. The summed E-state index contributed by atoms with van der Waals surface area (Å²) in [6.07, 6.45) is 0. The minimum Gasteiger partial charge on any atom is -0.459 e. The maximum absolute atomic E-state index is 10.8. The van der Waals surface area contributed by atoms with Crippen LogP contribution in [-0.2, 0) is 9.53 Å². The van der Waals surface area contributed by atoms with E-state index < -0.39 is 5.97 Å². The van der Waals surface area contributed by atoms with Crippen LogP contribution in [-0.4, -0.2) is 13.1 Å². The lowest BCUT2D eigenvalue weighted by Gasteiger charge is -1.97. The number of ether oxygens (including phenoxy) is 1. The number of carbonyl (C=O) groups excluding carboxylic acids is 1. The maximum Gasteiger partial charge on any atom is 0.384 e. The molecule has 0 N–H and O–H groups in total. The quantitative estimate of drug-likeness (QED) is 0.468. The van der Waals surface area contributed by atoms with Crippen molar-refractivity contribution in [3.8, 4) is 17.9 Å². The van der Waals surface area contributed by atoms with Gasteiger partial charge in [-0.2, -0.15) is 5.26 Å². The Morgan fingerprint density at radius 2 is 2.20 bits per heavy atom. The first-order chi connectivity index (χ1) is 7.17. The zero-order chi connectivity index (χ0) is 11.3. The molecular formula is C12H9NO2. The van der Waals surface area contributed by atoms with E-state index in [1.807, 2.05) is 13.0 Å². The van der Waals surface area contributed by atoms with Crippen LogP contribution in [0.2, 0.25) is 0 Å². The summed E-state index contributed by atoms with van der Waals surface area (Å²) in [7, 11) is 1.27. The van der Waals surface area contributed by atoms with Gasteiger partial charge >= 0.3 is 5.97 Å². The highest BCUT2D eigenvalue weighted by atomic mass is 16.5. The van der Waals surface area contributed by atoms with Crippen LogP contribution in [0.5, 0.6) is 0 Å². The molecule has 3 nitrogen and oxygen atoms in total. The zero-order valence-corrected chi connectivity index (χ0v) is 8.50. The summed E-state index contributed by atoms with van der Waals surface area (Å²) in [5.41, 5.74) is 2.11. The molecule has 0 amide bonds. The summed E-state index contributed by atoms with van der Waals surface area (Å²) in [5, 5.41) is 8.69. The molecular weight excluding hydrogens is 190 g/mol. The monoisotopic (exact) mass is 199 g/mol. The fourth-order valence-electron chi connectivity index (χ4n) is 0.996. The molecule has 0 bridgehead atoms. The molecule has 0 aliphatic carbocycles. The Morgan fingerprint density at radius 1 is 1.47 bits per heavy atom. The number of aryl methyl sites for hydroxylation is 1. The van der Waals surface area contributed by atoms with E-state index in [1.165, 1.54) is 7.11 Å². The molecule has 1 rings (SSSR count). The van der Waals surface area contributed by atoms with E-state index in [0.717, 1.165) is 5.56 Å². The number of rotatable bonds is 0. The Kier molecular flexibility index (Phi) is 3.49. The van der Waals surface area contributed by atoms with E-state index in [1.54, 1.807) is 18.2 Å². The van der Waals surface area contributed by atoms with Crippen molar-refractivity contribution >= 4 is 5.97 Å². The normalized spacial score (nSPS) is 8.33. The smallest absolute Gasteiger partial charge is 0.384 e. The Hall–Kier alpha value is -2.26. The van der Waals surface area contributed by atoms with Gasteiger partial charge in [0.2, 0.25) is 0 Å². The third-order valence-electron chi connectivity index (χ3n) is 1.85. The first kappa shape index (κ1) is 10.8. The summed E-state index contributed by atoms with van der Waals surface area (Å²) in [4.78, 5) is 10.8. The number of carbonyl (C=O) groups is 1. The molecule has 1 aromatic carbocycles. The van der Waals surface area contributed by atoms with Crippen LogP contribution in [0.4, 0.5) is 0 Å². The molecule has 0 aromatic heterocycles. The molecule has 0 saturated heterocycles. The molecule has 0 heterocycles. The molecule has 0 fully saturated rings. The van der Waals surface area contributed by atoms with Gasteiger partial charge in [0, 0.05) is 11.5 Å². The van der Waals surface area contributed by atoms with E-state index in [2.05, 4.69) is 16.6 Å². The lowest BCUT2D eigenvalue weighted by molar-refractivity contribution is -0.133. The molecule has 0 aliphatic heterocycles. The van der Waals surface area contributed by atoms with E-state index >= 15 is 0 Å². The number of methoxy groups -OCH3 is 1. The highest BCUT2D eigenvalue weighted by Gasteiger charge is 1.97. The van der Waals surface area contributed by atoms with E-state index in [-0.39, 0.29) is 0 Å². The van der Waals surface area contributed by atoms with Crippen LogP contribution >= 0.6 is 0 Å². The minimum absolute atomic E-state index is 0.523. The van der Waals surface area contributed by atoms with Gasteiger partial charge in [0.05, 0.1) is 18.7 Å². The van der Waals surface area contributed by atoms with Crippen molar-refractivity contribution in [2.24, 2.45) is 0 Å². The SMILES string of the molecule is COC(=O)C#Cc1cc(C#N)ccc1C. The number of nitriles is 1. The Labute approximate surface area is 88.3 Å². The van der Waals surface area contributed by atoms with Crippen LogP contribution in [0.15, 0.2) is 18.2 Å². The predicted molar refractivity (Wildman–Crippen MR) is 54.8 cm³/mol. The fraction of sp³-hybridized carbons (Fsp3) is 0.167. The summed E-state index contributed by atoms with van der Waals surface area (Å²) in [5.74, 6) is 4.40. The molecule has 1 aromatic rings. The van der Waals surface area contributed by atoms with Crippen LogP contribution in [0.1, 0.15) is 16.7 Å². The largest absolute Gasteiger partial charge is 0.459 e. The van der Waals surface area contributed by atoms with Crippen molar-refractivity contribution in [1.82, 2.24) is 0 Å². The minimum atomic E-state index is -0.586. The van der Waals surface area contributed by atoms with Gasteiger partial charge in [-0.25, -0.2) is 4.79 Å². The second-order valence-corrected chi connectivity index (χ2v) is 2.88. The standard InChI is InChI=1S/C12H9NO2/c1-9-3-4-10(8-13)7-11(9)5-6-12(14)15-2/h3-4,7H,1-2H3. The van der Waals surface area contributed by atoms with E-state index in [0.29, 0.717) is 11.1 Å². The van der Waals surface area contributed by atoms with Gasteiger partial charge in [0.1, 0.15) is 0 Å². The second kappa shape index (κ2) is 4.83. The summed E-state index contributed by atoms with van der Waals surface area (Å²) in [6.45, 7) is 1.86.